The summed E-state index contributed by atoms with van der Waals surface area (Å²) in [4.78, 5) is 12.0. The number of nitrogens with one attached hydrogen (secondary N) is 1. The van der Waals surface area contributed by atoms with E-state index in [2.05, 4.69) is 31.3 Å². The molecular formula is C18H21NO2. The summed E-state index contributed by atoms with van der Waals surface area (Å²) in [6.07, 6.45) is 0. The van der Waals surface area contributed by atoms with E-state index in [-0.39, 0.29) is 11.9 Å². The molecule has 0 bridgehead atoms. The second kappa shape index (κ2) is 6.93. The van der Waals surface area contributed by atoms with E-state index in [4.69, 9.17) is 4.74 Å². The Morgan fingerprint density at radius 2 is 1.81 bits per heavy atom. The lowest BCUT2D eigenvalue weighted by Gasteiger charge is -2.17. The molecule has 0 aliphatic rings. The average Bonchev–Trinajstić information content (AvgIpc) is 2.51. The molecule has 1 N–H and O–H groups in total. The van der Waals surface area contributed by atoms with Crippen molar-refractivity contribution in [3.05, 3.63) is 65.2 Å². The second-order valence-corrected chi connectivity index (χ2v) is 5.17. The van der Waals surface area contributed by atoms with Gasteiger partial charge in [-0.05, 0) is 42.7 Å². The Morgan fingerprint density at radius 1 is 1.10 bits per heavy atom. The standard InChI is InChI=1S/C18H21NO2/c1-13-9-10-16(11-14(13)2)19-12-17(18(20)21-3)15-7-5-4-6-8-15/h4-11,17,19H,12H2,1-3H3. The van der Waals surface area contributed by atoms with E-state index in [0.717, 1.165) is 11.3 Å². The molecule has 0 heterocycles. The number of hydrogen-bond donors (Lipinski definition) is 1. The number of aryl methyl sites for hydroxylation is 2. The van der Waals surface area contributed by atoms with Crippen molar-refractivity contribution in [2.75, 3.05) is 19.0 Å². The highest BCUT2D eigenvalue weighted by Gasteiger charge is 2.20. The molecule has 0 radical (unpaired) electrons. The Labute approximate surface area is 126 Å². The summed E-state index contributed by atoms with van der Waals surface area (Å²) in [6.45, 7) is 4.68. The maximum absolute atomic E-state index is 12.0. The van der Waals surface area contributed by atoms with E-state index in [1.165, 1.54) is 18.2 Å². The van der Waals surface area contributed by atoms with E-state index in [1.807, 2.05) is 36.4 Å². The molecule has 110 valence electrons. The Bertz CT molecular complexity index is 608. The first-order valence-corrected chi connectivity index (χ1v) is 7.05. The van der Waals surface area contributed by atoms with Gasteiger partial charge in [0.25, 0.3) is 0 Å². The van der Waals surface area contributed by atoms with Gasteiger partial charge < -0.3 is 10.1 Å². The number of benzene rings is 2. The van der Waals surface area contributed by atoms with Crippen molar-refractivity contribution >= 4 is 11.7 Å². The summed E-state index contributed by atoms with van der Waals surface area (Å²) < 4.78 is 4.92. The molecule has 0 amide bonds. The topological polar surface area (TPSA) is 38.3 Å². The largest absolute Gasteiger partial charge is 0.468 e. The second-order valence-electron chi connectivity index (χ2n) is 5.17. The SMILES string of the molecule is COC(=O)C(CNc1ccc(C)c(C)c1)c1ccccc1. The van der Waals surface area contributed by atoms with Crippen molar-refractivity contribution in [2.24, 2.45) is 0 Å². The molecule has 2 aromatic carbocycles. The van der Waals surface area contributed by atoms with Crippen molar-refractivity contribution in [3.63, 3.8) is 0 Å². The molecule has 2 rings (SSSR count). The number of carbonyl (C=O) groups excluding carboxylic acids is 1. The van der Waals surface area contributed by atoms with Crippen LogP contribution in [0.15, 0.2) is 48.5 Å². The highest BCUT2D eigenvalue weighted by atomic mass is 16.5. The molecule has 3 nitrogen and oxygen atoms in total. The summed E-state index contributed by atoms with van der Waals surface area (Å²) in [6, 6.07) is 15.9. The fourth-order valence-corrected chi connectivity index (χ4v) is 2.24. The van der Waals surface area contributed by atoms with Gasteiger partial charge in [0.05, 0.1) is 13.0 Å². The van der Waals surface area contributed by atoms with E-state index in [0.29, 0.717) is 6.54 Å². The van der Waals surface area contributed by atoms with Crippen LogP contribution in [-0.4, -0.2) is 19.6 Å². The zero-order chi connectivity index (χ0) is 15.2. The van der Waals surface area contributed by atoms with Crippen LogP contribution in [0.4, 0.5) is 5.69 Å². The van der Waals surface area contributed by atoms with Gasteiger partial charge in [-0.15, -0.1) is 0 Å². The van der Waals surface area contributed by atoms with Gasteiger partial charge in [-0.2, -0.15) is 0 Å². The zero-order valence-electron chi connectivity index (χ0n) is 12.7. The fraction of sp³-hybridized carbons (Fsp3) is 0.278. The van der Waals surface area contributed by atoms with Gasteiger partial charge in [-0.1, -0.05) is 36.4 Å². The van der Waals surface area contributed by atoms with Crippen molar-refractivity contribution in [1.82, 2.24) is 0 Å². The Balaban J connectivity index is 2.12. The van der Waals surface area contributed by atoms with Crippen molar-refractivity contribution in [1.29, 1.82) is 0 Å². The van der Waals surface area contributed by atoms with Gasteiger partial charge in [0.1, 0.15) is 0 Å². The minimum absolute atomic E-state index is 0.225. The number of rotatable bonds is 5. The van der Waals surface area contributed by atoms with E-state index >= 15 is 0 Å². The molecule has 0 spiro atoms. The van der Waals surface area contributed by atoms with Crippen LogP contribution in [0.25, 0.3) is 0 Å². The van der Waals surface area contributed by atoms with Crippen molar-refractivity contribution < 1.29 is 9.53 Å². The number of esters is 1. The molecule has 0 saturated carbocycles. The van der Waals surface area contributed by atoms with Gasteiger partial charge in [0, 0.05) is 12.2 Å². The molecule has 0 fully saturated rings. The number of hydrogen-bond acceptors (Lipinski definition) is 3. The summed E-state index contributed by atoms with van der Waals surface area (Å²) in [7, 11) is 1.42. The molecule has 0 aliphatic carbocycles. The molecule has 1 unspecified atom stereocenters. The Hall–Kier alpha value is -2.29. The molecule has 21 heavy (non-hydrogen) atoms. The highest BCUT2D eigenvalue weighted by molar-refractivity contribution is 5.78. The lowest BCUT2D eigenvalue weighted by Crippen LogP contribution is -2.22. The third kappa shape index (κ3) is 3.85. The van der Waals surface area contributed by atoms with Crippen molar-refractivity contribution in [3.8, 4) is 0 Å². The minimum Gasteiger partial charge on any atom is -0.468 e. The van der Waals surface area contributed by atoms with Gasteiger partial charge in [-0.25, -0.2) is 0 Å². The van der Waals surface area contributed by atoms with Crippen LogP contribution in [0, 0.1) is 13.8 Å². The van der Waals surface area contributed by atoms with Crippen LogP contribution in [0.2, 0.25) is 0 Å². The zero-order valence-corrected chi connectivity index (χ0v) is 12.7. The van der Waals surface area contributed by atoms with Crippen LogP contribution in [0.1, 0.15) is 22.6 Å². The first-order chi connectivity index (χ1) is 10.1. The molecular weight excluding hydrogens is 262 g/mol. The van der Waals surface area contributed by atoms with E-state index < -0.39 is 0 Å². The molecule has 2 aromatic rings. The fourth-order valence-electron chi connectivity index (χ4n) is 2.24. The van der Waals surface area contributed by atoms with Crippen LogP contribution < -0.4 is 5.32 Å². The van der Waals surface area contributed by atoms with Crippen LogP contribution in [-0.2, 0) is 9.53 Å². The van der Waals surface area contributed by atoms with Gasteiger partial charge in [0.2, 0.25) is 0 Å². The first kappa shape index (κ1) is 15.1. The van der Waals surface area contributed by atoms with Crippen LogP contribution in [0.3, 0.4) is 0 Å². The molecule has 1 atom stereocenters. The first-order valence-electron chi connectivity index (χ1n) is 7.05. The molecule has 0 aromatic heterocycles. The molecule has 0 saturated heterocycles. The summed E-state index contributed by atoms with van der Waals surface area (Å²) in [5, 5.41) is 3.33. The lowest BCUT2D eigenvalue weighted by molar-refractivity contribution is -0.142. The predicted octanol–water partition coefficient (Wildman–Crippen LogP) is 3.67. The van der Waals surface area contributed by atoms with Crippen LogP contribution in [0.5, 0.6) is 0 Å². The maximum Gasteiger partial charge on any atom is 0.314 e. The number of methoxy groups -OCH3 is 1. The maximum atomic E-state index is 12.0. The summed E-state index contributed by atoms with van der Waals surface area (Å²) in [5.41, 5.74) is 4.46. The van der Waals surface area contributed by atoms with Crippen molar-refractivity contribution in [2.45, 2.75) is 19.8 Å². The van der Waals surface area contributed by atoms with Gasteiger partial charge in [-0.3, -0.25) is 4.79 Å². The normalized spacial score (nSPS) is 11.8. The van der Waals surface area contributed by atoms with Crippen LogP contribution >= 0.6 is 0 Å². The van der Waals surface area contributed by atoms with Gasteiger partial charge in [0.15, 0.2) is 0 Å². The van der Waals surface area contributed by atoms with E-state index in [9.17, 15) is 4.79 Å². The average molecular weight is 283 g/mol. The quantitative estimate of drug-likeness (QED) is 0.851. The number of carbonyl (C=O) groups is 1. The summed E-state index contributed by atoms with van der Waals surface area (Å²) >= 11 is 0. The molecule has 0 aliphatic heterocycles. The number of ether oxygens (including phenoxy) is 1. The Kier molecular flexibility index (Phi) is 4.99. The minimum atomic E-state index is -0.308. The monoisotopic (exact) mass is 283 g/mol. The van der Waals surface area contributed by atoms with Gasteiger partial charge >= 0.3 is 5.97 Å². The number of anilines is 1. The summed E-state index contributed by atoms with van der Waals surface area (Å²) in [5.74, 6) is -0.532. The predicted molar refractivity (Wildman–Crippen MR) is 85.6 cm³/mol. The third-order valence-electron chi connectivity index (χ3n) is 3.70. The smallest absolute Gasteiger partial charge is 0.314 e. The lowest BCUT2D eigenvalue weighted by atomic mass is 9.99. The Morgan fingerprint density at radius 3 is 2.43 bits per heavy atom. The third-order valence-corrected chi connectivity index (χ3v) is 3.70. The highest BCUT2D eigenvalue weighted by Crippen LogP contribution is 2.20. The van der Waals surface area contributed by atoms with E-state index in [1.54, 1.807) is 0 Å². The molecule has 3 heteroatoms.